The first-order valence-electron chi connectivity index (χ1n) is 10.9. The number of fused-ring (bicyclic) bond motifs is 2. The molecule has 10 heteroatoms. The maximum Gasteiger partial charge on any atom is 0.416 e. The van der Waals surface area contributed by atoms with Crippen molar-refractivity contribution in [3.63, 3.8) is 0 Å². The average Bonchev–Trinajstić information content (AvgIpc) is 2.95. The van der Waals surface area contributed by atoms with Gasteiger partial charge in [-0.2, -0.15) is 18.2 Å². The van der Waals surface area contributed by atoms with E-state index in [1.165, 1.54) is 17.0 Å². The number of hydrogen-bond donors (Lipinski definition) is 1. The molecule has 0 saturated heterocycles. The lowest BCUT2D eigenvalue weighted by Crippen LogP contribution is -2.30. The van der Waals surface area contributed by atoms with E-state index in [4.69, 9.17) is 4.98 Å². The monoisotopic (exact) mass is 553 g/mol. The number of carbonyl (C=O) groups is 1. The summed E-state index contributed by atoms with van der Waals surface area (Å²) in [4.78, 5) is 26.0. The van der Waals surface area contributed by atoms with Crippen molar-refractivity contribution in [3.05, 3.63) is 100 Å². The fourth-order valence-electron chi connectivity index (χ4n) is 3.98. The lowest BCUT2D eigenvalue weighted by molar-refractivity contribution is -0.137. The lowest BCUT2D eigenvalue weighted by Gasteiger charge is -2.24. The number of rotatable bonds is 4. The first-order chi connectivity index (χ1) is 17.2. The van der Waals surface area contributed by atoms with Crippen molar-refractivity contribution in [3.8, 4) is 0 Å². The Bertz CT molecular complexity index is 1430. The molecule has 1 aliphatic heterocycles. The number of anilines is 5. The quantitative estimate of drug-likeness (QED) is 0.297. The van der Waals surface area contributed by atoms with E-state index in [1.54, 1.807) is 18.3 Å². The molecule has 4 aromatic rings. The van der Waals surface area contributed by atoms with Crippen molar-refractivity contribution in [2.75, 3.05) is 22.2 Å². The molecule has 1 aromatic heterocycles. The Balaban J connectivity index is 1.55. The van der Waals surface area contributed by atoms with E-state index < -0.39 is 11.7 Å². The van der Waals surface area contributed by atoms with Gasteiger partial charge >= 0.3 is 6.18 Å². The second-order valence-electron chi connectivity index (χ2n) is 8.20. The number of amides is 1. The molecule has 0 aliphatic carbocycles. The molecular weight excluding hydrogens is 535 g/mol. The highest BCUT2D eigenvalue weighted by molar-refractivity contribution is 9.10. The maximum absolute atomic E-state index is 13.6. The number of nitrogens with one attached hydrogen (secondary N) is 1. The molecule has 1 amide bonds. The summed E-state index contributed by atoms with van der Waals surface area (Å²) in [5.74, 6) is 0.521. The molecule has 0 saturated carbocycles. The van der Waals surface area contributed by atoms with Crippen molar-refractivity contribution >= 4 is 50.7 Å². The smallest absolute Gasteiger partial charge is 0.327 e. The summed E-state index contributed by atoms with van der Waals surface area (Å²) in [6, 6.07) is 19.4. The standard InChI is InChI=1S/C26H19BrF3N5O/c1-34-21-5-3-2-4-20(21)24(36)35(15-16-6-8-17(9-7-16)26(28,29)30)22-14-31-25(33-23(22)34)32-19-12-10-18(27)11-13-19/h2-14H,15H2,1H3,(H,31,32,33). The molecule has 0 fully saturated rings. The van der Waals surface area contributed by atoms with Gasteiger partial charge in [0.2, 0.25) is 5.95 Å². The molecule has 0 spiro atoms. The summed E-state index contributed by atoms with van der Waals surface area (Å²) < 4.78 is 40.0. The van der Waals surface area contributed by atoms with Crippen LogP contribution in [0.25, 0.3) is 0 Å². The average molecular weight is 554 g/mol. The van der Waals surface area contributed by atoms with Crippen LogP contribution in [-0.2, 0) is 12.7 Å². The number of nitrogens with zero attached hydrogens (tertiary/aromatic N) is 4. The summed E-state index contributed by atoms with van der Waals surface area (Å²) in [5.41, 5.74) is 2.14. The van der Waals surface area contributed by atoms with Crippen molar-refractivity contribution < 1.29 is 18.0 Å². The molecule has 1 N–H and O–H groups in total. The SMILES string of the molecule is CN1c2ccccc2C(=O)N(Cc2ccc(C(F)(F)F)cc2)c2cnc(Nc3ccc(Br)cc3)nc21. The zero-order chi connectivity index (χ0) is 25.4. The molecular formula is C26H19BrF3N5O. The van der Waals surface area contributed by atoms with E-state index in [-0.39, 0.29) is 12.5 Å². The van der Waals surface area contributed by atoms with Gasteiger partial charge < -0.3 is 10.2 Å². The van der Waals surface area contributed by atoms with Gasteiger partial charge in [0.1, 0.15) is 5.69 Å². The fourth-order valence-corrected chi connectivity index (χ4v) is 4.25. The molecule has 0 atom stereocenters. The molecule has 5 rings (SSSR count). The van der Waals surface area contributed by atoms with E-state index in [9.17, 15) is 18.0 Å². The predicted octanol–water partition coefficient (Wildman–Crippen LogP) is 6.93. The van der Waals surface area contributed by atoms with Crippen LogP contribution in [0, 0.1) is 0 Å². The maximum atomic E-state index is 13.6. The second kappa shape index (κ2) is 9.27. The van der Waals surface area contributed by atoms with Crippen molar-refractivity contribution in [1.29, 1.82) is 0 Å². The molecule has 0 radical (unpaired) electrons. The van der Waals surface area contributed by atoms with Gasteiger partial charge in [-0.05, 0) is 54.1 Å². The minimum absolute atomic E-state index is 0.0506. The van der Waals surface area contributed by atoms with Crippen molar-refractivity contribution in [1.82, 2.24) is 9.97 Å². The summed E-state index contributed by atoms with van der Waals surface area (Å²) in [7, 11) is 1.81. The van der Waals surface area contributed by atoms with E-state index in [2.05, 4.69) is 26.2 Å². The van der Waals surface area contributed by atoms with Crippen LogP contribution in [-0.4, -0.2) is 22.9 Å². The molecule has 182 valence electrons. The van der Waals surface area contributed by atoms with Gasteiger partial charge in [0.05, 0.1) is 29.6 Å². The zero-order valence-electron chi connectivity index (χ0n) is 18.9. The number of hydrogen-bond acceptors (Lipinski definition) is 5. The van der Waals surface area contributed by atoms with Gasteiger partial charge in [-0.3, -0.25) is 9.69 Å². The number of aromatic nitrogens is 2. The summed E-state index contributed by atoms with van der Waals surface area (Å²) in [6.07, 6.45) is -2.88. The van der Waals surface area contributed by atoms with Gasteiger partial charge in [-0.1, -0.05) is 40.2 Å². The third-order valence-electron chi connectivity index (χ3n) is 5.82. The fraction of sp³-hybridized carbons (Fsp3) is 0.115. The number of halogens is 4. The number of para-hydroxylation sites is 1. The Morgan fingerprint density at radius 3 is 2.33 bits per heavy atom. The lowest BCUT2D eigenvalue weighted by atomic mass is 10.1. The summed E-state index contributed by atoms with van der Waals surface area (Å²) >= 11 is 3.41. The number of alkyl halides is 3. The van der Waals surface area contributed by atoms with E-state index in [0.29, 0.717) is 34.3 Å². The Morgan fingerprint density at radius 1 is 0.944 bits per heavy atom. The first-order valence-corrected chi connectivity index (χ1v) is 11.7. The summed E-state index contributed by atoms with van der Waals surface area (Å²) in [5, 5.41) is 3.16. The van der Waals surface area contributed by atoms with Gasteiger partial charge in [0.15, 0.2) is 5.82 Å². The van der Waals surface area contributed by atoms with Crippen LogP contribution >= 0.6 is 15.9 Å². The Kier molecular flexibility index (Phi) is 6.13. The van der Waals surface area contributed by atoms with Crippen molar-refractivity contribution in [2.24, 2.45) is 0 Å². The van der Waals surface area contributed by atoms with Crippen LogP contribution in [0.1, 0.15) is 21.5 Å². The van der Waals surface area contributed by atoms with Crippen LogP contribution < -0.4 is 15.1 Å². The Labute approximate surface area is 213 Å². The van der Waals surface area contributed by atoms with E-state index in [0.717, 1.165) is 22.3 Å². The van der Waals surface area contributed by atoms with E-state index in [1.807, 2.05) is 48.3 Å². The largest absolute Gasteiger partial charge is 0.416 e. The molecule has 0 unspecified atom stereocenters. The van der Waals surface area contributed by atoms with Crippen molar-refractivity contribution in [2.45, 2.75) is 12.7 Å². The van der Waals surface area contributed by atoms with Gasteiger partial charge in [0, 0.05) is 17.2 Å². The number of benzene rings is 3. The van der Waals surface area contributed by atoms with Gasteiger partial charge in [0.25, 0.3) is 5.91 Å². The highest BCUT2D eigenvalue weighted by atomic mass is 79.9. The Hall–Kier alpha value is -3.92. The molecule has 2 heterocycles. The Morgan fingerprint density at radius 2 is 1.64 bits per heavy atom. The zero-order valence-corrected chi connectivity index (χ0v) is 20.5. The molecule has 36 heavy (non-hydrogen) atoms. The predicted molar refractivity (Wildman–Crippen MR) is 136 cm³/mol. The second-order valence-corrected chi connectivity index (χ2v) is 9.11. The van der Waals surface area contributed by atoms with Crippen LogP contribution in [0.5, 0.6) is 0 Å². The minimum Gasteiger partial charge on any atom is -0.327 e. The molecule has 0 bridgehead atoms. The normalized spacial score (nSPS) is 13.2. The van der Waals surface area contributed by atoms with Crippen LogP contribution in [0.15, 0.2) is 83.5 Å². The first kappa shape index (κ1) is 23.8. The van der Waals surface area contributed by atoms with E-state index >= 15 is 0 Å². The summed E-state index contributed by atoms with van der Waals surface area (Å²) in [6.45, 7) is 0.0506. The van der Waals surface area contributed by atoms with Crippen LogP contribution in [0.3, 0.4) is 0 Å². The topological polar surface area (TPSA) is 61.4 Å². The van der Waals surface area contributed by atoms with Gasteiger partial charge in [-0.25, -0.2) is 4.98 Å². The number of carbonyl (C=O) groups excluding carboxylic acids is 1. The van der Waals surface area contributed by atoms with Crippen LogP contribution in [0.4, 0.5) is 42.0 Å². The minimum atomic E-state index is -4.43. The highest BCUT2D eigenvalue weighted by Gasteiger charge is 2.32. The third kappa shape index (κ3) is 4.64. The highest BCUT2D eigenvalue weighted by Crippen LogP contribution is 2.39. The third-order valence-corrected chi connectivity index (χ3v) is 6.35. The molecule has 3 aromatic carbocycles. The molecule has 1 aliphatic rings. The van der Waals surface area contributed by atoms with Crippen LogP contribution in [0.2, 0.25) is 0 Å². The molecule has 6 nitrogen and oxygen atoms in total. The van der Waals surface area contributed by atoms with Gasteiger partial charge in [-0.15, -0.1) is 0 Å².